The normalized spacial score (nSPS) is 13.1. The molecule has 41 heavy (non-hydrogen) atoms. The van der Waals surface area contributed by atoms with E-state index in [-0.39, 0.29) is 26.4 Å². The maximum absolute atomic E-state index is 10.7. The fourth-order valence-corrected chi connectivity index (χ4v) is 5.45. The molecule has 3 aromatic carbocycles. The van der Waals surface area contributed by atoms with Crippen LogP contribution in [0.2, 0.25) is 0 Å². The van der Waals surface area contributed by atoms with E-state index in [1.165, 1.54) is 0 Å². The van der Waals surface area contributed by atoms with Gasteiger partial charge in [0.2, 0.25) is 0 Å². The van der Waals surface area contributed by atoms with Gasteiger partial charge >= 0.3 is 0 Å². The van der Waals surface area contributed by atoms with Gasteiger partial charge in [-0.25, -0.2) is 0 Å². The lowest BCUT2D eigenvalue weighted by Gasteiger charge is -2.20. The molecule has 3 rings (SSSR count). The average Bonchev–Trinajstić information content (AvgIpc) is 2.97. The van der Waals surface area contributed by atoms with E-state index in [1.54, 1.807) is 0 Å². The zero-order valence-corrected chi connectivity index (χ0v) is 25.0. The van der Waals surface area contributed by atoms with Crippen LogP contribution in [-0.4, -0.2) is 59.1 Å². The van der Waals surface area contributed by atoms with Crippen LogP contribution < -0.4 is 9.47 Å². The van der Waals surface area contributed by atoms with Crippen molar-refractivity contribution in [2.75, 3.05) is 26.4 Å². The summed E-state index contributed by atoms with van der Waals surface area (Å²) in [5.41, 5.74) is 1.12. The molecule has 0 amide bonds. The third-order valence-corrected chi connectivity index (χ3v) is 7.81. The SMILES string of the molecule is Cc1ccc2c(OCC(O)CCCCCCCCO)c3ccccc3c(OCC(O)CCCCCCCCO)c2c1. The average molecular weight is 569 g/mol. The van der Waals surface area contributed by atoms with E-state index in [0.29, 0.717) is 12.8 Å². The van der Waals surface area contributed by atoms with E-state index in [0.717, 1.165) is 116 Å². The van der Waals surface area contributed by atoms with Crippen molar-refractivity contribution in [1.82, 2.24) is 0 Å². The first-order chi connectivity index (χ1) is 20.0. The minimum Gasteiger partial charge on any atom is -0.490 e. The summed E-state index contributed by atoms with van der Waals surface area (Å²) >= 11 is 0. The third kappa shape index (κ3) is 11.1. The minimum atomic E-state index is -0.535. The van der Waals surface area contributed by atoms with Gasteiger partial charge < -0.3 is 29.9 Å². The number of fused-ring (bicyclic) bond motifs is 2. The highest BCUT2D eigenvalue weighted by Gasteiger charge is 2.18. The molecule has 0 aliphatic carbocycles. The smallest absolute Gasteiger partial charge is 0.135 e. The monoisotopic (exact) mass is 568 g/mol. The lowest BCUT2D eigenvalue weighted by atomic mass is 9.99. The Labute approximate surface area is 246 Å². The Balaban J connectivity index is 1.64. The van der Waals surface area contributed by atoms with Crippen molar-refractivity contribution in [3.05, 3.63) is 48.0 Å². The van der Waals surface area contributed by atoms with E-state index >= 15 is 0 Å². The molecule has 0 aliphatic heterocycles. The standard InChI is InChI=1S/C35H52O6/c1-27-20-21-32-33(24-27)35(41-26-29(39)17-11-7-3-5-9-15-23-37)31-19-13-12-18-30(31)34(32)40-25-28(38)16-10-6-2-4-8-14-22-36/h12-13,18-21,24,28-29,36-39H,2-11,14-17,22-23,25-26H2,1H3. The molecule has 0 spiro atoms. The molecule has 0 bridgehead atoms. The van der Waals surface area contributed by atoms with E-state index < -0.39 is 12.2 Å². The number of rotatable bonds is 22. The first-order valence-electron chi connectivity index (χ1n) is 15.8. The van der Waals surface area contributed by atoms with Crippen LogP contribution in [0.1, 0.15) is 95.5 Å². The molecule has 6 heteroatoms. The van der Waals surface area contributed by atoms with Gasteiger partial charge in [0.25, 0.3) is 0 Å². The number of aliphatic hydroxyl groups excluding tert-OH is 4. The summed E-state index contributed by atoms with van der Waals surface area (Å²) < 4.78 is 12.7. The van der Waals surface area contributed by atoms with Crippen molar-refractivity contribution in [3.8, 4) is 11.5 Å². The van der Waals surface area contributed by atoms with Gasteiger partial charge in [0.15, 0.2) is 0 Å². The molecule has 0 radical (unpaired) electrons. The number of ether oxygens (including phenoxy) is 2. The van der Waals surface area contributed by atoms with E-state index in [9.17, 15) is 10.2 Å². The largest absolute Gasteiger partial charge is 0.490 e. The quantitative estimate of drug-likeness (QED) is 0.0754. The lowest BCUT2D eigenvalue weighted by molar-refractivity contribution is 0.0978. The molecular weight excluding hydrogens is 516 g/mol. The van der Waals surface area contributed by atoms with Gasteiger partial charge in [-0.05, 0) is 38.7 Å². The summed E-state index contributed by atoms with van der Waals surface area (Å²) in [4.78, 5) is 0. The lowest BCUT2D eigenvalue weighted by Crippen LogP contribution is -2.18. The first kappa shape index (κ1) is 33.1. The zero-order chi connectivity index (χ0) is 29.3. The molecule has 0 saturated heterocycles. The minimum absolute atomic E-state index is 0.233. The topological polar surface area (TPSA) is 99.4 Å². The highest BCUT2D eigenvalue weighted by atomic mass is 16.5. The van der Waals surface area contributed by atoms with Crippen LogP contribution in [0.5, 0.6) is 11.5 Å². The van der Waals surface area contributed by atoms with Crippen LogP contribution in [0.3, 0.4) is 0 Å². The molecule has 0 fully saturated rings. The van der Waals surface area contributed by atoms with Crippen molar-refractivity contribution in [3.63, 3.8) is 0 Å². The van der Waals surface area contributed by atoms with Gasteiger partial charge in [0, 0.05) is 34.8 Å². The number of aryl methyl sites for hydroxylation is 1. The Morgan fingerprint density at radius 1 is 0.537 bits per heavy atom. The van der Waals surface area contributed by atoms with Gasteiger partial charge in [0.1, 0.15) is 24.7 Å². The maximum Gasteiger partial charge on any atom is 0.135 e. The molecule has 0 heterocycles. The van der Waals surface area contributed by atoms with Crippen molar-refractivity contribution >= 4 is 21.5 Å². The summed E-state index contributed by atoms with van der Waals surface area (Å²) in [6, 6.07) is 14.3. The van der Waals surface area contributed by atoms with E-state index in [4.69, 9.17) is 19.7 Å². The van der Waals surface area contributed by atoms with Gasteiger partial charge in [-0.15, -0.1) is 0 Å². The van der Waals surface area contributed by atoms with Crippen LogP contribution in [-0.2, 0) is 0 Å². The highest BCUT2D eigenvalue weighted by Crippen LogP contribution is 2.43. The molecule has 2 unspecified atom stereocenters. The Morgan fingerprint density at radius 3 is 1.44 bits per heavy atom. The predicted molar refractivity (Wildman–Crippen MR) is 168 cm³/mol. The Hall–Kier alpha value is -2.38. The van der Waals surface area contributed by atoms with Gasteiger partial charge in [-0.1, -0.05) is 106 Å². The number of aliphatic hydroxyl groups is 4. The third-order valence-electron chi connectivity index (χ3n) is 7.81. The summed E-state index contributed by atoms with van der Waals surface area (Å²) in [6.45, 7) is 3.05. The van der Waals surface area contributed by atoms with Crippen LogP contribution in [0.15, 0.2) is 42.5 Å². The molecule has 0 aliphatic rings. The van der Waals surface area contributed by atoms with Crippen molar-refractivity contribution in [1.29, 1.82) is 0 Å². The molecular formula is C35H52O6. The molecule has 228 valence electrons. The van der Waals surface area contributed by atoms with E-state index in [1.807, 2.05) is 24.3 Å². The molecule has 2 atom stereocenters. The zero-order valence-electron chi connectivity index (χ0n) is 25.0. The summed E-state index contributed by atoms with van der Waals surface area (Å²) in [6.07, 6.45) is 12.8. The van der Waals surface area contributed by atoms with E-state index in [2.05, 4.69) is 25.1 Å². The second-order valence-electron chi connectivity index (χ2n) is 11.4. The van der Waals surface area contributed by atoms with Gasteiger partial charge in [-0.3, -0.25) is 0 Å². The number of unbranched alkanes of at least 4 members (excludes halogenated alkanes) is 10. The number of benzene rings is 3. The van der Waals surface area contributed by atoms with Crippen LogP contribution in [0, 0.1) is 6.92 Å². The number of hydrogen-bond acceptors (Lipinski definition) is 6. The Kier molecular flexibility index (Phi) is 15.3. The van der Waals surface area contributed by atoms with Crippen LogP contribution in [0.25, 0.3) is 21.5 Å². The van der Waals surface area contributed by atoms with Crippen molar-refractivity contribution < 1.29 is 29.9 Å². The first-order valence-corrected chi connectivity index (χ1v) is 15.8. The molecule has 0 aromatic heterocycles. The Bertz CT molecular complexity index is 1150. The second-order valence-corrected chi connectivity index (χ2v) is 11.4. The summed E-state index contributed by atoms with van der Waals surface area (Å²) in [5.74, 6) is 1.52. The molecule has 0 saturated carbocycles. The fraction of sp³-hybridized carbons (Fsp3) is 0.600. The van der Waals surface area contributed by atoms with Crippen molar-refractivity contribution in [2.45, 2.75) is 109 Å². The maximum atomic E-state index is 10.7. The second kappa shape index (κ2) is 18.9. The number of hydrogen-bond donors (Lipinski definition) is 4. The van der Waals surface area contributed by atoms with Gasteiger partial charge in [-0.2, -0.15) is 0 Å². The highest BCUT2D eigenvalue weighted by molar-refractivity contribution is 6.11. The predicted octanol–water partition coefficient (Wildman–Crippen LogP) is 7.23. The molecule has 6 nitrogen and oxygen atoms in total. The summed E-state index contributed by atoms with van der Waals surface area (Å²) in [5, 5.41) is 42.9. The molecule has 3 aromatic rings. The van der Waals surface area contributed by atoms with Gasteiger partial charge in [0.05, 0.1) is 12.2 Å². The van der Waals surface area contributed by atoms with Crippen molar-refractivity contribution in [2.24, 2.45) is 0 Å². The Morgan fingerprint density at radius 2 is 0.951 bits per heavy atom. The van der Waals surface area contributed by atoms with Crippen LogP contribution >= 0.6 is 0 Å². The van der Waals surface area contributed by atoms with Crippen LogP contribution in [0.4, 0.5) is 0 Å². The molecule has 4 N–H and O–H groups in total. The fourth-order valence-electron chi connectivity index (χ4n) is 5.45. The summed E-state index contributed by atoms with van der Waals surface area (Å²) in [7, 11) is 0.